The van der Waals surface area contributed by atoms with Crippen LogP contribution in [-0.4, -0.2) is 16.2 Å². The standard InChI is InChI=1S/C9H6F4O3/c10-5-3-1-2-4(7(14)8(15)16)6(5)9(11,12)13/h1-3,7,14H,(H,15,16). The smallest absolute Gasteiger partial charge is 0.419 e. The molecule has 1 aromatic carbocycles. The fourth-order valence-electron chi connectivity index (χ4n) is 1.20. The number of carbonyl (C=O) groups is 1. The van der Waals surface area contributed by atoms with Crippen molar-refractivity contribution in [2.75, 3.05) is 0 Å². The molecule has 0 heterocycles. The average molecular weight is 238 g/mol. The summed E-state index contributed by atoms with van der Waals surface area (Å²) in [6.07, 6.45) is -7.47. The van der Waals surface area contributed by atoms with Gasteiger partial charge in [-0.25, -0.2) is 9.18 Å². The maximum Gasteiger partial charge on any atom is 0.419 e. The third-order valence-electron chi connectivity index (χ3n) is 1.86. The number of hydrogen-bond donors (Lipinski definition) is 2. The van der Waals surface area contributed by atoms with Gasteiger partial charge in [0.05, 0.1) is 5.56 Å². The lowest BCUT2D eigenvalue weighted by molar-refractivity contribution is -0.149. The predicted molar refractivity (Wildman–Crippen MR) is 44.0 cm³/mol. The van der Waals surface area contributed by atoms with Gasteiger partial charge in [-0.3, -0.25) is 0 Å². The minimum atomic E-state index is -5.06. The van der Waals surface area contributed by atoms with Gasteiger partial charge in [0.1, 0.15) is 5.82 Å². The Labute approximate surface area is 86.9 Å². The van der Waals surface area contributed by atoms with Crippen molar-refractivity contribution >= 4 is 5.97 Å². The normalized spacial score (nSPS) is 13.6. The van der Waals surface area contributed by atoms with Gasteiger partial charge < -0.3 is 10.2 Å². The second-order valence-corrected chi connectivity index (χ2v) is 2.94. The maximum atomic E-state index is 12.9. The van der Waals surface area contributed by atoms with Crippen molar-refractivity contribution in [2.24, 2.45) is 0 Å². The van der Waals surface area contributed by atoms with Crippen molar-refractivity contribution in [3.63, 3.8) is 0 Å². The number of hydrogen-bond acceptors (Lipinski definition) is 2. The van der Waals surface area contributed by atoms with E-state index < -0.39 is 35.2 Å². The van der Waals surface area contributed by atoms with Crippen molar-refractivity contribution in [2.45, 2.75) is 12.3 Å². The summed E-state index contributed by atoms with van der Waals surface area (Å²) in [4.78, 5) is 10.4. The number of halogens is 4. The van der Waals surface area contributed by atoms with Crippen LogP contribution >= 0.6 is 0 Å². The maximum absolute atomic E-state index is 12.9. The fraction of sp³-hybridized carbons (Fsp3) is 0.222. The van der Waals surface area contributed by atoms with Gasteiger partial charge in [-0.1, -0.05) is 12.1 Å². The summed E-state index contributed by atoms with van der Waals surface area (Å²) >= 11 is 0. The Kier molecular flexibility index (Phi) is 3.18. The first-order valence-corrected chi connectivity index (χ1v) is 4.01. The molecule has 88 valence electrons. The molecule has 1 rings (SSSR count). The Morgan fingerprint density at radius 2 is 1.88 bits per heavy atom. The lowest BCUT2D eigenvalue weighted by Crippen LogP contribution is -2.19. The van der Waals surface area contributed by atoms with Crippen LogP contribution in [0.25, 0.3) is 0 Å². The molecular weight excluding hydrogens is 232 g/mol. The molecule has 0 saturated heterocycles. The van der Waals surface area contributed by atoms with Gasteiger partial charge in [-0.15, -0.1) is 0 Å². The zero-order valence-corrected chi connectivity index (χ0v) is 7.62. The third kappa shape index (κ3) is 2.30. The number of aliphatic carboxylic acids is 1. The highest BCUT2D eigenvalue weighted by Gasteiger charge is 2.39. The van der Waals surface area contributed by atoms with Crippen LogP contribution in [0, 0.1) is 5.82 Å². The van der Waals surface area contributed by atoms with Crippen LogP contribution in [0.15, 0.2) is 18.2 Å². The first-order valence-electron chi connectivity index (χ1n) is 4.01. The molecule has 0 aromatic heterocycles. The average Bonchev–Trinajstić information content (AvgIpc) is 2.14. The largest absolute Gasteiger partial charge is 0.479 e. The summed E-state index contributed by atoms with van der Waals surface area (Å²) in [6, 6.07) is 2.15. The van der Waals surface area contributed by atoms with Gasteiger partial charge in [0.2, 0.25) is 0 Å². The van der Waals surface area contributed by atoms with E-state index in [0.29, 0.717) is 12.1 Å². The number of carboxylic acids is 1. The Hall–Kier alpha value is -1.63. The molecular formula is C9H6F4O3. The summed E-state index contributed by atoms with van der Waals surface area (Å²) in [5, 5.41) is 17.4. The van der Waals surface area contributed by atoms with Gasteiger partial charge >= 0.3 is 12.1 Å². The highest BCUT2D eigenvalue weighted by atomic mass is 19.4. The topological polar surface area (TPSA) is 57.5 Å². The minimum absolute atomic E-state index is 0.543. The lowest BCUT2D eigenvalue weighted by atomic mass is 10.0. The molecule has 0 aliphatic rings. The second-order valence-electron chi connectivity index (χ2n) is 2.94. The highest BCUT2D eigenvalue weighted by molar-refractivity contribution is 5.74. The van der Waals surface area contributed by atoms with Crippen LogP contribution in [0.5, 0.6) is 0 Å². The zero-order valence-electron chi connectivity index (χ0n) is 7.62. The van der Waals surface area contributed by atoms with Crippen molar-refractivity contribution < 1.29 is 32.6 Å². The number of benzene rings is 1. The van der Waals surface area contributed by atoms with E-state index in [1.165, 1.54) is 0 Å². The molecule has 1 aromatic rings. The Balaban J connectivity index is 3.40. The molecule has 0 aliphatic carbocycles. The van der Waals surface area contributed by atoms with E-state index in [-0.39, 0.29) is 0 Å². The monoisotopic (exact) mass is 238 g/mol. The molecule has 2 N–H and O–H groups in total. The van der Waals surface area contributed by atoms with Crippen LogP contribution in [0.3, 0.4) is 0 Å². The van der Waals surface area contributed by atoms with E-state index in [4.69, 9.17) is 10.2 Å². The van der Waals surface area contributed by atoms with E-state index in [2.05, 4.69) is 0 Å². The van der Waals surface area contributed by atoms with E-state index >= 15 is 0 Å². The van der Waals surface area contributed by atoms with Gasteiger partial charge in [-0.2, -0.15) is 13.2 Å². The molecule has 0 aliphatic heterocycles. The SMILES string of the molecule is O=C(O)C(O)c1cccc(F)c1C(F)(F)F. The van der Waals surface area contributed by atoms with Gasteiger partial charge in [0, 0.05) is 5.56 Å². The molecule has 0 fully saturated rings. The molecule has 1 atom stereocenters. The molecule has 0 amide bonds. The highest BCUT2D eigenvalue weighted by Crippen LogP contribution is 2.36. The molecule has 0 spiro atoms. The first kappa shape index (κ1) is 12.4. The van der Waals surface area contributed by atoms with E-state index in [1.54, 1.807) is 0 Å². The van der Waals surface area contributed by atoms with Crippen molar-refractivity contribution in [1.29, 1.82) is 0 Å². The second kappa shape index (κ2) is 4.09. The number of carboxylic acid groups (broad SMARTS) is 1. The first-order chi connectivity index (χ1) is 7.25. The fourth-order valence-corrected chi connectivity index (χ4v) is 1.20. The van der Waals surface area contributed by atoms with Crippen LogP contribution < -0.4 is 0 Å². The summed E-state index contributed by atoms with van der Waals surface area (Å²) in [7, 11) is 0. The van der Waals surface area contributed by atoms with E-state index in [0.717, 1.165) is 6.07 Å². The Morgan fingerprint density at radius 1 is 1.31 bits per heavy atom. The number of aliphatic hydroxyl groups is 1. The predicted octanol–water partition coefficient (Wildman–Crippen LogP) is 1.96. The molecule has 3 nitrogen and oxygen atoms in total. The van der Waals surface area contributed by atoms with Crippen LogP contribution in [0.1, 0.15) is 17.2 Å². The van der Waals surface area contributed by atoms with Crippen LogP contribution in [0.4, 0.5) is 17.6 Å². The Morgan fingerprint density at radius 3 is 2.31 bits per heavy atom. The number of aliphatic hydroxyl groups excluding tert-OH is 1. The molecule has 16 heavy (non-hydrogen) atoms. The number of alkyl halides is 3. The molecule has 0 radical (unpaired) electrons. The molecule has 1 unspecified atom stereocenters. The molecule has 0 saturated carbocycles. The van der Waals surface area contributed by atoms with Gasteiger partial charge in [0.15, 0.2) is 6.10 Å². The van der Waals surface area contributed by atoms with E-state index in [1.807, 2.05) is 0 Å². The summed E-state index contributed by atoms with van der Waals surface area (Å²) in [5.74, 6) is -3.50. The van der Waals surface area contributed by atoms with Crippen LogP contribution in [-0.2, 0) is 11.0 Å². The van der Waals surface area contributed by atoms with E-state index in [9.17, 15) is 22.4 Å². The lowest BCUT2D eigenvalue weighted by Gasteiger charge is -2.15. The van der Waals surface area contributed by atoms with Crippen molar-refractivity contribution in [3.8, 4) is 0 Å². The third-order valence-corrected chi connectivity index (χ3v) is 1.86. The summed E-state index contributed by atoms with van der Waals surface area (Å²) in [5.41, 5.74) is -2.77. The zero-order chi connectivity index (χ0) is 12.5. The summed E-state index contributed by atoms with van der Waals surface area (Å²) < 4.78 is 50.1. The minimum Gasteiger partial charge on any atom is -0.479 e. The van der Waals surface area contributed by atoms with Gasteiger partial charge in [0.25, 0.3) is 0 Å². The van der Waals surface area contributed by atoms with Crippen LogP contribution in [0.2, 0.25) is 0 Å². The van der Waals surface area contributed by atoms with Crippen molar-refractivity contribution in [1.82, 2.24) is 0 Å². The van der Waals surface area contributed by atoms with Crippen molar-refractivity contribution in [3.05, 3.63) is 35.1 Å². The molecule has 7 heteroatoms. The molecule has 0 bridgehead atoms. The number of rotatable bonds is 2. The quantitative estimate of drug-likeness (QED) is 0.774. The Bertz CT molecular complexity index is 414. The van der Waals surface area contributed by atoms with Gasteiger partial charge in [-0.05, 0) is 6.07 Å². The summed E-state index contributed by atoms with van der Waals surface area (Å²) in [6.45, 7) is 0.